The van der Waals surface area contributed by atoms with E-state index in [-0.39, 0.29) is 6.61 Å². The number of methoxy groups -OCH3 is 1. The first-order chi connectivity index (χ1) is 13.3. The van der Waals surface area contributed by atoms with Gasteiger partial charge in [0.25, 0.3) is 0 Å². The fraction of sp³-hybridized carbons (Fsp3) is 0.478. The number of rotatable bonds is 9. The van der Waals surface area contributed by atoms with Crippen LogP contribution in [0.4, 0.5) is 0 Å². The van der Waals surface area contributed by atoms with Crippen LogP contribution in [0.5, 0.6) is 5.75 Å². The highest BCUT2D eigenvalue weighted by molar-refractivity contribution is 5.28. The van der Waals surface area contributed by atoms with Crippen LogP contribution in [0.3, 0.4) is 0 Å². The first-order valence-electron chi connectivity index (χ1n) is 10.0. The molecule has 0 amide bonds. The van der Waals surface area contributed by atoms with E-state index in [4.69, 9.17) is 4.74 Å². The van der Waals surface area contributed by atoms with Gasteiger partial charge in [0.2, 0.25) is 0 Å². The smallest absolute Gasteiger partial charge is 0.119 e. The van der Waals surface area contributed by atoms with E-state index in [2.05, 4.69) is 58.3 Å². The van der Waals surface area contributed by atoms with E-state index in [0.29, 0.717) is 6.04 Å². The molecular formula is C23H32N2O2. The molecular weight excluding hydrogens is 336 g/mol. The molecule has 1 N–H and O–H groups in total. The van der Waals surface area contributed by atoms with Gasteiger partial charge in [-0.2, -0.15) is 0 Å². The third kappa shape index (κ3) is 6.06. The standard InChI is InChI=1S/C23H32N2O2/c1-27-23-11-5-9-21(17-23)18-25-15-14-24(19-22(25)12-16-26)13-6-10-20-7-3-2-4-8-20/h2-5,7-9,11,17,22,26H,6,10,12-16,18-19H2,1H3/t22-/m1/s1. The van der Waals surface area contributed by atoms with E-state index in [1.807, 2.05) is 6.07 Å². The molecule has 1 aliphatic rings. The van der Waals surface area contributed by atoms with Crippen LogP contribution >= 0.6 is 0 Å². The average Bonchev–Trinajstić information content (AvgIpc) is 2.71. The van der Waals surface area contributed by atoms with Gasteiger partial charge in [-0.25, -0.2) is 0 Å². The van der Waals surface area contributed by atoms with Crippen molar-refractivity contribution in [2.24, 2.45) is 0 Å². The van der Waals surface area contributed by atoms with Gasteiger partial charge in [-0.1, -0.05) is 42.5 Å². The first kappa shape index (κ1) is 19.9. The molecule has 2 aromatic rings. The maximum absolute atomic E-state index is 9.53. The molecule has 0 radical (unpaired) electrons. The van der Waals surface area contributed by atoms with Crippen molar-refractivity contribution >= 4 is 0 Å². The predicted octanol–water partition coefficient (Wildman–Crippen LogP) is 3.20. The molecule has 0 unspecified atom stereocenters. The molecule has 4 nitrogen and oxygen atoms in total. The summed E-state index contributed by atoms with van der Waals surface area (Å²) in [7, 11) is 1.71. The van der Waals surface area contributed by atoms with E-state index in [9.17, 15) is 5.11 Å². The minimum atomic E-state index is 0.247. The Balaban J connectivity index is 1.51. The lowest BCUT2D eigenvalue weighted by atomic mass is 10.1. The van der Waals surface area contributed by atoms with Crippen LogP contribution in [0.15, 0.2) is 54.6 Å². The topological polar surface area (TPSA) is 35.9 Å². The summed E-state index contributed by atoms with van der Waals surface area (Å²) in [5.74, 6) is 0.908. The van der Waals surface area contributed by atoms with Crippen molar-refractivity contribution in [3.05, 3.63) is 65.7 Å². The Hall–Kier alpha value is -1.88. The normalized spacial score (nSPS) is 18.5. The average molecular weight is 369 g/mol. The Morgan fingerprint density at radius 3 is 2.63 bits per heavy atom. The van der Waals surface area contributed by atoms with Crippen LogP contribution in [0.1, 0.15) is 24.0 Å². The van der Waals surface area contributed by atoms with Crippen molar-refractivity contribution in [1.82, 2.24) is 9.80 Å². The molecule has 0 spiro atoms. The Morgan fingerprint density at radius 2 is 1.85 bits per heavy atom. The molecule has 3 rings (SSSR count). The van der Waals surface area contributed by atoms with Crippen molar-refractivity contribution in [2.75, 3.05) is 39.9 Å². The van der Waals surface area contributed by atoms with Crippen LogP contribution in [0.25, 0.3) is 0 Å². The molecule has 0 aromatic heterocycles. The fourth-order valence-electron chi connectivity index (χ4n) is 3.95. The van der Waals surface area contributed by atoms with Gasteiger partial charge in [-0.15, -0.1) is 0 Å². The highest BCUT2D eigenvalue weighted by atomic mass is 16.5. The molecule has 2 aromatic carbocycles. The van der Waals surface area contributed by atoms with Crippen LogP contribution in [-0.4, -0.2) is 60.8 Å². The molecule has 1 fully saturated rings. The van der Waals surface area contributed by atoms with E-state index in [0.717, 1.165) is 51.3 Å². The molecule has 0 aliphatic carbocycles. The second-order valence-electron chi connectivity index (χ2n) is 7.38. The number of aliphatic hydroxyl groups excluding tert-OH is 1. The van der Waals surface area contributed by atoms with Gasteiger partial charge in [0.05, 0.1) is 7.11 Å². The van der Waals surface area contributed by atoms with E-state index >= 15 is 0 Å². The number of nitrogens with zero attached hydrogens (tertiary/aromatic N) is 2. The van der Waals surface area contributed by atoms with Crippen molar-refractivity contribution in [3.63, 3.8) is 0 Å². The van der Waals surface area contributed by atoms with Gasteiger partial charge < -0.3 is 14.7 Å². The lowest BCUT2D eigenvalue weighted by molar-refractivity contribution is 0.0532. The van der Waals surface area contributed by atoms with E-state index in [1.165, 1.54) is 17.5 Å². The quantitative estimate of drug-likeness (QED) is 0.737. The zero-order chi connectivity index (χ0) is 18.9. The van der Waals surface area contributed by atoms with Gasteiger partial charge in [0, 0.05) is 38.8 Å². The molecule has 146 valence electrons. The molecule has 4 heteroatoms. The molecule has 0 bridgehead atoms. The Labute approximate surface area is 163 Å². The van der Waals surface area contributed by atoms with E-state index < -0.39 is 0 Å². The minimum absolute atomic E-state index is 0.247. The van der Waals surface area contributed by atoms with Crippen LogP contribution in [0.2, 0.25) is 0 Å². The van der Waals surface area contributed by atoms with Gasteiger partial charge in [0.1, 0.15) is 5.75 Å². The Morgan fingerprint density at radius 1 is 1.04 bits per heavy atom. The summed E-state index contributed by atoms with van der Waals surface area (Å²) < 4.78 is 5.35. The highest BCUT2D eigenvalue weighted by Crippen LogP contribution is 2.20. The minimum Gasteiger partial charge on any atom is -0.497 e. The highest BCUT2D eigenvalue weighted by Gasteiger charge is 2.26. The third-order valence-corrected chi connectivity index (χ3v) is 5.45. The van der Waals surface area contributed by atoms with Gasteiger partial charge in [-0.3, -0.25) is 4.90 Å². The van der Waals surface area contributed by atoms with Crippen LogP contribution < -0.4 is 4.74 Å². The van der Waals surface area contributed by atoms with E-state index in [1.54, 1.807) is 7.11 Å². The van der Waals surface area contributed by atoms with Gasteiger partial charge in [0.15, 0.2) is 0 Å². The number of aliphatic hydroxyl groups is 1. The number of benzene rings is 2. The number of hydrogen-bond acceptors (Lipinski definition) is 4. The van der Waals surface area contributed by atoms with Gasteiger partial charge >= 0.3 is 0 Å². The number of ether oxygens (including phenoxy) is 1. The summed E-state index contributed by atoms with van der Waals surface area (Å²) in [6, 6.07) is 19.4. The number of aryl methyl sites for hydroxylation is 1. The first-order valence-corrected chi connectivity index (χ1v) is 10.0. The molecule has 1 aliphatic heterocycles. The number of hydrogen-bond donors (Lipinski definition) is 1. The Bertz CT molecular complexity index is 677. The SMILES string of the molecule is COc1cccc(CN2CCN(CCCc3ccccc3)C[C@H]2CCO)c1. The zero-order valence-corrected chi connectivity index (χ0v) is 16.4. The molecule has 0 saturated carbocycles. The van der Waals surface area contributed by atoms with Crippen molar-refractivity contribution in [2.45, 2.75) is 31.8 Å². The summed E-state index contributed by atoms with van der Waals surface area (Å²) in [5.41, 5.74) is 2.69. The maximum atomic E-state index is 9.53. The summed E-state index contributed by atoms with van der Waals surface area (Å²) in [4.78, 5) is 5.07. The summed E-state index contributed by atoms with van der Waals surface area (Å²) >= 11 is 0. The van der Waals surface area contributed by atoms with Crippen molar-refractivity contribution in [1.29, 1.82) is 0 Å². The second kappa shape index (κ2) is 10.5. The lowest BCUT2D eigenvalue weighted by Gasteiger charge is -2.41. The van der Waals surface area contributed by atoms with Crippen LogP contribution in [0, 0.1) is 0 Å². The molecule has 1 atom stereocenters. The lowest BCUT2D eigenvalue weighted by Crippen LogP contribution is -2.53. The zero-order valence-electron chi connectivity index (χ0n) is 16.4. The van der Waals surface area contributed by atoms with Gasteiger partial charge in [-0.05, 0) is 49.1 Å². The van der Waals surface area contributed by atoms with Crippen molar-refractivity contribution in [3.8, 4) is 5.75 Å². The summed E-state index contributed by atoms with van der Waals surface area (Å²) in [5, 5.41) is 9.53. The third-order valence-electron chi connectivity index (χ3n) is 5.45. The molecule has 27 heavy (non-hydrogen) atoms. The fourth-order valence-corrected chi connectivity index (χ4v) is 3.95. The second-order valence-corrected chi connectivity index (χ2v) is 7.38. The summed E-state index contributed by atoms with van der Waals surface area (Å²) in [6.07, 6.45) is 3.15. The molecule has 1 saturated heterocycles. The monoisotopic (exact) mass is 368 g/mol. The maximum Gasteiger partial charge on any atom is 0.119 e. The van der Waals surface area contributed by atoms with Crippen molar-refractivity contribution < 1.29 is 9.84 Å². The molecule has 1 heterocycles. The largest absolute Gasteiger partial charge is 0.497 e. The summed E-state index contributed by atoms with van der Waals surface area (Å²) in [6.45, 7) is 5.48. The number of piperazine rings is 1. The van der Waals surface area contributed by atoms with Crippen LogP contribution in [-0.2, 0) is 13.0 Å². The predicted molar refractivity (Wildman–Crippen MR) is 110 cm³/mol. The Kier molecular flexibility index (Phi) is 7.69.